The minimum Gasteiger partial charge on any atom is -0.497 e. The molecule has 9 nitrogen and oxygen atoms in total. The number of aliphatic carboxylic acids is 1. The second-order valence-electron chi connectivity index (χ2n) is 6.50. The van der Waals surface area contributed by atoms with E-state index >= 15 is 0 Å². The van der Waals surface area contributed by atoms with Gasteiger partial charge in [-0.3, -0.25) is 9.48 Å². The van der Waals surface area contributed by atoms with Gasteiger partial charge in [-0.25, -0.2) is 9.48 Å². The van der Waals surface area contributed by atoms with Gasteiger partial charge in [-0.05, 0) is 31.5 Å². The van der Waals surface area contributed by atoms with E-state index in [1.54, 1.807) is 24.9 Å². The first kappa shape index (κ1) is 19.6. The van der Waals surface area contributed by atoms with Gasteiger partial charge in [0.05, 0.1) is 49.1 Å². The molecule has 1 N–H and O–H groups in total. The molecular formula is C19H22N4O5. The standard InChI is InChI=1S/C19H22N4O5/c1-12(10-28-11-17(24)25)23-16-8-20-22(19(26)18(16)13(2)21-23)9-14-4-6-15(27-3)7-5-14/h4-8,12H,9-11H2,1-3H3,(H,24,25). The van der Waals surface area contributed by atoms with Crippen molar-refractivity contribution < 1.29 is 19.4 Å². The molecule has 0 saturated heterocycles. The molecule has 9 heteroatoms. The van der Waals surface area contributed by atoms with Gasteiger partial charge >= 0.3 is 5.97 Å². The van der Waals surface area contributed by atoms with Crippen molar-refractivity contribution >= 4 is 16.9 Å². The number of nitrogens with zero attached hydrogens (tertiary/aromatic N) is 4. The van der Waals surface area contributed by atoms with Crippen molar-refractivity contribution in [2.75, 3.05) is 20.3 Å². The van der Waals surface area contributed by atoms with Gasteiger partial charge in [0.2, 0.25) is 0 Å². The smallest absolute Gasteiger partial charge is 0.329 e. The van der Waals surface area contributed by atoms with Crippen molar-refractivity contribution in [2.45, 2.75) is 26.4 Å². The lowest BCUT2D eigenvalue weighted by Crippen LogP contribution is -2.24. The Hall–Kier alpha value is -3.20. The van der Waals surface area contributed by atoms with E-state index in [9.17, 15) is 9.59 Å². The van der Waals surface area contributed by atoms with Crippen molar-refractivity contribution in [1.82, 2.24) is 19.6 Å². The third-order valence-electron chi connectivity index (χ3n) is 4.38. The molecule has 0 aliphatic carbocycles. The molecule has 0 fully saturated rings. The molecule has 28 heavy (non-hydrogen) atoms. The zero-order valence-electron chi connectivity index (χ0n) is 16.0. The largest absolute Gasteiger partial charge is 0.497 e. The summed E-state index contributed by atoms with van der Waals surface area (Å²) in [4.78, 5) is 23.5. The molecular weight excluding hydrogens is 364 g/mol. The molecule has 0 amide bonds. The molecule has 0 aliphatic rings. The first-order valence-corrected chi connectivity index (χ1v) is 8.78. The summed E-state index contributed by atoms with van der Waals surface area (Å²) in [5.41, 5.74) is 1.89. The molecule has 1 aromatic carbocycles. The molecule has 0 aliphatic heterocycles. The Morgan fingerprint density at radius 3 is 2.64 bits per heavy atom. The minimum atomic E-state index is -1.03. The number of aromatic nitrogens is 4. The summed E-state index contributed by atoms with van der Waals surface area (Å²) in [6, 6.07) is 7.20. The number of carboxylic acids is 1. The highest BCUT2D eigenvalue weighted by molar-refractivity contribution is 5.80. The summed E-state index contributed by atoms with van der Waals surface area (Å²) in [6.45, 7) is 3.73. The summed E-state index contributed by atoms with van der Waals surface area (Å²) in [5.74, 6) is -0.285. The summed E-state index contributed by atoms with van der Waals surface area (Å²) in [6.07, 6.45) is 1.61. The zero-order valence-corrected chi connectivity index (χ0v) is 16.0. The van der Waals surface area contributed by atoms with E-state index in [0.29, 0.717) is 23.1 Å². The maximum absolute atomic E-state index is 12.9. The van der Waals surface area contributed by atoms with E-state index in [1.807, 2.05) is 31.2 Å². The van der Waals surface area contributed by atoms with E-state index in [0.717, 1.165) is 11.3 Å². The quantitative estimate of drug-likeness (QED) is 0.627. The van der Waals surface area contributed by atoms with Gasteiger partial charge in [0, 0.05) is 0 Å². The Balaban J connectivity index is 1.88. The highest BCUT2D eigenvalue weighted by Gasteiger charge is 2.18. The van der Waals surface area contributed by atoms with E-state index in [-0.39, 0.29) is 24.8 Å². The number of hydrogen-bond donors (Lipinski definition) is 1. The zero-order chi connectivity index (χ0) is 20.3. The van der Waals surface area contributed by atoms with Crippen LogP contribution in [0.1, 0.15) is 24.2 Å². The van der Waals surface area contributed by atoms with Crippen LogP contribution in [0.5, 0.6) is 5.75 Å². The number of carboxylic acid groups (broad SMARTS) is 1. The first-order valence-electron chi connectivity index (χ1n) is 8.78. The number of fused-ring (bicyclic) bond motifs is 1. The number of carbonyl (C=O) groups is 1. The second kappa shape index (κ2) is 8.22. The molecule has 2 aromatic heterocycles. The van der Waals surface area contributed by atoms with Gasteiger partial charge < -0.3 is 14.6 Å². The van der Waals surface area contributed by atoms with Crippen LogP contribution < -0.4 is 10.3 Å². The van der Waals surface area contributed by atoms with Crippen LogP contribution in [0.4, 0.5) is 0 Å². The van der Waals surface area contributed by atoms with Crippen LogP contribution in [0, 0.1) is 6.92 Å². The van der Waals surface area contributed by atoms with E-state index in [2.05, 4.69) is 10.2 Å². The van der Waals surface area contributed by atoms with Gasteiger partial charge in [-0.1, -0.05) is 12.1 Å². The number of methoxy groups -OCH3 is 1. The van der Waals surface area contributed by atoms with Gasteiger partial charge in [0.15, 0.2) is 0 Å². The van der Waals surface area contributed by atoms with Crippen molar-refractivity contribution in [2.24, 2.45) is 0 Å². The normalized spacial score (nSPS) is 12.2. The number of ether oxygens (including phenoxy) is 2. The van der Waals surface area contributed by atoms with Crippen molar-refractivity contribution in [3.8, 4) is 5.75 Å². The van der Waals surface area contributed by atoms with Gasteiger partial charge in [-0.2, -0.15) is 10.2 Å². The Morgan fingerprint density at radius 1 is 1.29 bits per heavy atom. The van der Waals surface area contributed by atoms with Crippen LogP contribution in [0.15, 0.2) is 35.3 Å². The number of aryl methyl sites for hydroxylation is 1. The molecule has 148 valence electrons. The number of hydrogen-bond acceptors (Lipinski definition) is 6. The molecule has 1 atom stereocenters. The molecule has 0 radical (unpaired) electrons. The average molecular weight is 386 g/mol. The summed E-state index contributed by atoms with van der Waals surface area (Å²) in [7, 11) is 1.60. The highest BCUT2D eigenvalue weighted by Crippen LogP contribution is 2.18. The van der Waals surface area contributed by atoms with Crippen molar-refractivity contribution in [3.05, 3.63) is 52.1 Å². The summed E-state index contributed by atoms with van der Waals surface area (Å²) < 4.78 is 13.3. The topological polar surface area (TPSA) is 108 Å². The van der Waals surface area contributed by atoms with Crippen LogP contribution in [0.2, 0.25) is 0 Å². The third-order valence-corrected chi connectivity index (χ3v) is 4.38. The van der Waals surface area contributed by atoms with Crippen LogP contribution >= 0.6 is 0 Å². The fourth-order valence-electron chi connectivity index (χ4n) is 3.00. The molecule has 2 heterocycles. The molecule has 3 rings (SSSR count). The second-order valence-corrected chi connectivity index (χ2v) is 6.50. The van der Waals surface area contributed by atoms with Crippen LogP contribution in [0.25, 0.3) is 10.9 Å². The molecule has 3 aromatic rings. The lowest BCUT2D eigenvalue weighted by Gasteiger charge is -2.13. The van der Waals surface area contributed by atoms with E-state index < -0.39 is 5.97 Å². The molecule has 1 unspecified atom stereocenters. The molecule has 0 spiro atoms. The SMILES string of the molecule is COc1ccc(Cn2ncc3c(c(C)nn3C(C)COCC(=O)O)c2=O)cc1. The predicted octanol–water partition coefficient (Wildman–Crippen LogP) is 1.62. The molecule has 0 saturated carbocycles. The lowest BCUT2D eigenvalue weighted by molar-refractivity contribution is -0.142. The van der Waals surface area contributed by atoms with E-state index in [1.165, 1.54) is 4.68 Å². The highest BCUT2D eigenvalue weighted by atomic mass is 16.5. The fraction of sp³-hybridized carbons (Fsp3) is 0.368. The minimum absolute atomic E-state index is 0.164. The summed E-state index contributed by atoms with van der Waals surface area (Å²) in [5, 5.41) is 17.9. The van der Waals surface area contributed by atoms with Crippen LogP contribution in [-0.4, -0.2) is 51.0 Å². The Morgan fingerprint density at radius 2 is 2.00 bits per heavy atom. The Kier molecular flexibility index (Phi) is 5.74. The van der Waals surface area contributed by atoms with Gasteiger partial charge in [0.25, 0.3) is 5.56 Å². The number of benzene rings is 1. The monoisotopic (exact) mass is 386 g/mol. The summed E-state index contributed by atoms with van der Waals surface area (Å²) >= 11 is 0. The van der Waals surface area contributed by atoms with E-state index in [4.69, 9.17) is 14.6 Å². The third kappa shape index (κ3) is 4.04. The first-order chi connectivity index (χ1) is 13.4. The van der Waals surface area contributed by atoms with Gasteiger partial charge in [0.1, 0.15) is 12.4 Å². The van der Waals surface area contributed by atoms with Crippen molar-refractivity contribution in [1.29, 1.82) is 0 Å². The predicted molar refractivity (Wildman–Crippen MR) is 102 cm³/mol. The maximum atomic E-state index is 12.9. The Labute approximate surface area is 161 Å². The lowest BCUT2D eigenvalue weighted by atomic mass is 10.2. The van der Waals surface area contributed by atoms with Crippen LogP contribution in [-0.2, 0) is 16.1 Å². The van der Waals surface area contributed by atoms with Crippen molar-refractivity contribution in [3.63, 3.8) is 0 Å². The average Bonchev–Trinajstić information content (AvgIpc) is 3.01. The fourth-order valence-corrected chi connectivity index (χ4v) is 3.00. The van der Waals surface area contributed by atoms with Gasteiger partial charge in [-0.15, -0.1) is 0 Å². The molecule has 0 bridgehead atoms. The number of rotatable bonds is 8. The Bertz CT molecular complexity index is 1040. The van der Waals surface area contributed by atoms with Crippen LogP contribution in [0.3, 0.4) is 0 Å². The maximum Gasteiger partial charge on any atom is 0.329 e.